The van der Waals surface area contributed by atoms with Gasteiger partial charge in [0, 0.05) is 17.0 Å². The van der Waals surface area contributed by atoms with Crippen molar-refractivity contribution in [2.24, 2.45) is 23.2 Å². The van der Waals surface area contributed by atoms with Gasteiger partial charge in [0.05, 0.1) is 10.9 Å². The molecule has 1 aromatic rings. The van der Waals surface area contributed by atoms with Gasteiger partial charge in [0.2, 0.25) is 5.91 Å². The highest BCUT2D eigenvalue weighted by molar-refractivity contribution is 8.00. The molecule has 4 fully saturated rings. The molecule has 138 valence electrons. The van der Waals surface area contributed by atoms with Crippen LogP contribution in [0.5, 0.6) is 0 Å². The first kappa shape index (κ1) is 16.7. The van der Waals surface area contributed by atoms with E-state index in [-0.39, 0.29) is 17.1 Å². The molecular weight excluding hydrogens is 344 g/mol. The predicted molar refractivity (Wildman–Crippen MR) is 103 cm³/mol. The van der Waals surface area contributed by atoms with Crippen LogP contribution in [0.25, 0.3) is 0 Å². The number of anilines is 1. The summed E-state index contributed by atoms with van der Waals surface area (Å²) in [7, 11) is 0. The summed E-state index contributed by atoms with van der Waals surface area (Å²) in [5, 5.41) is 6.06. The Labute approximate surface area is 158 Å². The highest BCUT2D eigenvalue weighted by Crippen LogP contribution is 2.59. The molecule has 5 aliphatic rings. The van der Waals surface area contributed by atoms with Crippen molar-refractivity contribution >= 4 is 29.3 Å². The first-order valence-corrected chi connectivity index (χ1v) is 10.8. The Morgan fingerprint density at radius 1 is 1.19 bits per heavy atom. The maximum Gasteiger partial charge on any atom is 0.251 e. The molecule has 1 unspecified atom stereocenters. The second-order valence-electron chi connectivity index (χ2n) is 9.06. The highest BCUT2D eigenvalue weighted by atomic mass is 32.2. The minimum absolute atomic E-state index is 0.00799. The number of benzene rings is 1. The summed E-state index contributed by atoms with van der Waals surface area (Å²) in [5.74, 6) is 2.69. The molecule has 1 aliphatic heterocycles. The molecule has 1 aromatic carbocycles. The van der Waals surface area contributed by atoms with E-state index in [1.807, 2.05) is 25.1 Å². The third kappa shape index (κ3) is 2.84. The monoisotopic (exact) mass is 370 g/mol. The van der Waals surface area contributed by atoms with Gasteiger partial charge in [0.1, 0.15) is 0 Å². The summed E-state index contributed by atoms with van der Waals surface area (Å²) in [4.78, 5) is 25.7. The van der Waals surface area contributed by atoms with E-state index in [0.717, 1.165) is 34.9 Å². The molecule has 1 heterocycles. The summed E-state index contributed by atoms with van der Waals surface area (Å²) in [6, 6.07) is 5.65. The van der Waals surface area contributed by atoms with Crippen LogP contribution in [0.3, 0.4) is 0 Å². The molecule has 6 rings (SSSR count). The van der Waals surface area contributed by atoms with E-state index in [1.165, 1.54) is 38.5 Å². The van der Waals surface area contributed by atoms with E-state index in [1.54, 1.807) is 11.8 Å². The molecule has 0 radical (unpaired) electrons. The first-order chi connectivity index (χ1) is 12.5. The number of carbonyl (C=O) groups excluding carboxylic acids is 2. The summed E-state index contributed by atoms with van der Waals surface area (Å²) in [6.07, 6.45) is 8.17. The van der Waals surface area contributed by atoms with E-state index in [0.29, 0.717) is 11.0 Å². The molecule has 2 N–H and O–H groups in total. The lowest BCUT2D eigenvalue weighted by atomic mass is 9.49. The lowest BCUT2D eigenvalue weighted by Crippen LogP contribution is -2.51. The van der Waals surface area contributed by atoms with Crippen LogP contribution in [0.1, 0.15) is 55.8 Å². The predicted octanol–water partition coefficient (Wildman–Crippen LogP) is 4.07. The van der Waals surface area contributed by atoms with E-state index >= 15 is 0 Å². The van der Waals surface area contributed by atoms with Gasteiger partial charge < -0.3 is 10.6 Å². The molecule has 2 amide bonds. The van der Waals surface area contributed by atoms with Crippen molar-refractivity contribution in [1.29, 1.82) is 0 Å². The van der Waals surface area contributed by atoms with Gasteiger partial charge in [-0.1, -0.05) is 0 Å². The van der Waals surface area contributed by atoms with Crippen LogP contribution in [-0.2, 0) is 4.79 Å². The van der Waals surface area contributed by atoms with Crippen LogP contribution in [0, 0.1) is 23.2 Å². The van der Waals surface area contributed by atoms with Crippen molar-refractivity contribution in [1.82, 2.24) is 5.32 Å². The summed E-state index contributed by atoms with van der Waals surface area (Å²) in [5.41, 5.74) is 1.75. The molecule has 26 heavy (non-hydrogen) atoms. The normalized spacial score (nSPS) is 37.2. The van der Waals surface area contributed by atoms with Crippen LogP contribution < -0.4 is 10.6 Å². The van der Waals surface area contributed by atoms with Crippen LogP contribution in [0.2, 0.25) is 0 Å². The number of hydrogen-bond acceptors (Lipinski definition) is 3. The quantitative estimate of drug-likeness (QED) is 0.843. The number of hydrogen-bond donors (Lipinski definition) is 2. The molecule has 5 heteroatoms. The van der Waals surface area contributed by atoms with Gasteiger partial charge in [-0.25, -0.2) is 0 Å². The molecule has 4 saturated carbocycles. The van der Waals surface area contributed by atoms with Crippen molar-refractivity contribution in [2.75, 3.05) is 11.9 Å². The maximum absolute atomic E-state index is 12.7. The Morgan fingerprint density at radius 3 is 2.50 bits per heavy atom. The summed E-state index contributed by atoms with van der Waals surface area (Å²) >= 11 is 1.55. The van der Waals surface area contributed by atoms with Gasteiger partial charge in [-0.2, -0.15) is 0 Å². The smallest absolute Gasteiger partial charge is 0.251 e. The van der Waals surface area contributed by atoms with E-state index in [9.17, 15) is 9.59 Å². The highest BCUT2D eigenvalue weighted by Gasteiger charge is 2.50. The summed E-state index contributed by atoms with van der Waals surface area (Å²) in [6.45, 7) is 2.71. The average molecular weight is 371 g/mol. The average Bonchev–Trinajstić information content (AvgIpc) is 2.59. The fourth-order valence-corrected chi connectivity index (χ4v) is 7.16. The van der Waals surface area contributed by atoms with Crippen LogP contribution in [0.15, 0.2) is 23.1 Å². The van der Waals surface area contributed by atoms with Crippen molar-refractivity contribution in [3.8, 4) is 0 Å². The van der Waals surface area contributed by atoms with Crippen molar-refractivity contribution in [2.45, 2.75) is 55.6 Å². The Balaban J connectivity index is 1.28. The second kappa shape index (κ2) is 6.01. The number of rotatable bonds is 3. The Hall–Kier alpha value is -1.49. The van der Waals surface area contributed by atoms with E-state index < -0.39 is 0 Å². The molecule has 0 aromatic heterocycles. The van der Waals surface area contributed by atoms with Gasteiger partial charge in [-0.15, -0.1) is 11.8 Å². The fourth-order valence-electron chi connectivity index (χ4n) is 6.23. The Morgan fingerprint density at radius 2 is 1.85 bits per heavy atom. The lowest BCUT2D eigenvalue weighted by molar-refractivity contribution is -0.115. The van der Waals surface area contributed by atoms with Crippen LogP contribution in [0.4, 0.5) is 5.69 Å². The molecule has 0 saturated heterocycles. The van der Waals surface area contributed by atoms with Gasteiger partial charge in [-0.3, -0.25) is 9.59 Å². The second-order valence-corrected chi connectivity index (χ2v) is 10.4. The maximum atomic E-state index is 12.7. The Bertz CT molecular complexity index is 740. The molecule has 0 spiro atoms. The van der Waals surface area contributed by atoms with Crippen molar-refractivity contribution in [3.05, 3.63) is 23.8 Å². The van der Waals surface area contributed by atoms with E-state index in [4.69, 9.17) is 0 Å². The third-order valence-corrected chi connectivity index (χ3v) is 8.14. The molecular formula is C21H26N2O2S. The van der Waals surface area contributed by atoms with Gasteiger partial charge >= 0.3 is 0 Å². The molecule has 4 nitrogen and oxygen atoms in total. The van der Waals surface area contributed by atoms with Gasteiger partial charge in [0.15, 0.2) is 0 Å². The standard InChI is InChI=1S/C21H26N2O2S/c1-12-19(24)23-17-7-16(2-3-18(17)26-12)20(25)22-11-21-8-13-4-14(9-21)6-15(5-13)10-21/h2-3,7,12-15H,4-6,8-11H2,1H3,(H,22,25)(H,23,24). The number of amides is 2. The number of thioether (sulfide) groups is 1. The number of fused-ring (bicyclic) bond motifs is 1. The molecule has 1 atom stereocenters. The van der Waals surface area contributed by atoms with Crippen molar-refractivity contribution < 1.29 is 9.59 Å². The molecule has 4 bridgehead atoms. The zero-order valence-electron chi connectivity index (χ0n) is 15.2. The third-order valence-electron chi connectivity index (χ3n) is 6.96. The topological polar surface area (TPSA) is 58.2 Å². The number of carbonyl (C=O) groups is 2. The van der Waals surface area contributed by atoms with Gasteiger partial charge in [-0.05, 0) is 86.8 Å². The van der Waals surface area contributed by atoms with E-state index in [2.05, 4.69) is 10.6 Å². The zero-order chi connectivity index (χ0) is 17.9. The van der Waals surface area contributed by atoms with Crippen LogP contribution in [-0.4, -0.2) is 23.6 Å². The minimum Gasteiger partial charge on any atom is -0.351 e. The first-order valence-electron chi connectivity index (χ1n) is 9.89. The lowest BCUT2D eigenvalue weighted by Gasteiger charge is -2.56. The zero-order valence-corrected chi connectivity index (χ0v) is 16.0. The fraction of sp³-hybridized carbons (Fsp3) is 0.619. The minimum atomic E-state index is -0.0849. The van der Waals surface area contributed by atoms with Crippen LogP contribution >= 0.6 is 11.8 Å². The largest absolute Gasteiger partial charge is 0.351 e. The SMILES string of the molecule is CC1Sc2ccc(C(=O)NCC34CC5CC(CC(C5)C3)C4)cc2NC1=O. The van der Waals surface area contributed by atoms with Gasteiger partial charge in [0.25, 0.3) is 5.91 Å². The molecule has 4 aliphatic carbocycles. The summed E-state index contributed by atoms with van der Waals surface area (Å²) < 4.78 is 0. The Kier molecular flexibility index (Phi) is 3.85. The van der Waals surface area contributed by atoms with Crippen molar-refractivity contribution in [3.63, 3.8) is 0 Å². The number of nitrogens with one attached hydrogen (secondary N) is 2.